The molecule has 1 saturated heterocycles. The summed E-state index contributed by atoms with van der Waals surface area (Å²) in [7, 11) is 0. The molecule has 0 bridgehead atoms. The van der Waals surface area contributed by atoms with Crippen molar-refractivity contribution in [3.05, 3.63) is 29.8 Å². The summed E-state index contributed by atoms with van der Waals surface area (Å²) in [6, 6.07) is 8.31. The smallest absolute Gasteiger partial charge is 0.330 e. The second-order valence-corrected chi connectivity index (χ2v) is 7.00. The van der Waals surface area contributed by atoms with Gasteiger partial charge in [-0.15, -0.1) is 5.06 Å². The summed E-state index contributed by atoms with van der Waals surface area (Å²) in [5.74, 6) is -0.192. The standard InChI is InChI=1S/C18H27FN2O2/c1-18(2,3)17(22)23-21-13-11-20(12-14-21)16-8-6-15(7-9-16)5-4-10-19/h6-9H,4-5,10-14H2,1-3H3. The van der Waals surface area contributed by atoms with Gasteiger partial charge in [0.2, 0.25) is 0 Å². The van der Waals surface area contributed by atoms with Crippen LogP contribution in [0.5, 0.6) is 0 Å². The van der Waals surface area contributed by atoms with Crippen LogP contribution >= 0.6 is 0 Å². The highest BCUT2D eigenvalue weighted by molar-refractivity contribution is 5.75. The van der Waals surface area contributed by atoms with Gasteiger partial charge in [-0.1, -0.05) is 12.1 Å². The highest BCUT2D eigenvalue weighted by atomic mass is 19.1. The van der Waals surface area contributed by atoms with Gasteiger partial charge < -0.3 is 9.74 Å². The van der Waals surface area contributed by atoms with E-state index in [1.54, 1.807) is 5.06 Å². The summed E-state index contributed by atoms with van der Waals surface area (Å²) < 4.78 is 12.2. The summed E-state index contributed by atoms with van der Waals surface area (Å²) in [4.78, 5) is 19.6. The molecule has 1 aromatic rings. The average molecular weight is 322 g/mol. The normalized spacial score (nSPS) is 16.4. The molecular weight excluding hydrogens is 295 g/mol. The molecule has 4 nitrogen and oxygen atoms in total. The van der Waals surface area contributed by atoms with Crippen molar-refractivity contribution in [1.82, 2.24) is 5.06 Å². The van der Waals surface area contributed by atoms with E-state index in [0.29, 0.717) is 19.5 Å². The molecule has 0 saturated carbocycles. The summed E-state index contributed by atoms with van der Waals surface area (Å²) in [6.07, 6.45) is 1.37. The topological polar surface area (TPSA) is 32.8 Å². The number of carbonyl (C=O) groups excluding carboxylic acids is 1. The van der Waals surface area contributed by atoms with E-state index in [0.717, 1.165) is 25.2 Å². The molecule has 2 rings (SSSR count). The summed E-state index contributed by atoms with van der Waals surface area (Å²) in [5.41, 5.74) is 1.85. The number of rotatable bonds is 5. The fraction of sp³-hybridized carbons (Fsp3) is 0.611. The van der Waals surface area contributed by atoms with Crippen molar-refractivity contribution in [3.8, 4) is 0 Å². The molecule has 0 aromatic heterocycles. The molecule has 1 aromatic carbocycles. The third kappa shape index (κ3) is 5.20. The SMILES string of the molecule is CC(C)(C)C(=O)ON1CCN(c2ccc(CCCF)cc2)CC1. The zero-order chi connectivity index (χ0) is 16.9. The van der Waals surface area contributed by atoms with Crippen molar-refractivity contribution in [3.63, 3.8) is 0 Å². The maximum absolute atomic E-state index is 12.2. The zero-order valence-electron chi connectivity index (χ0n) is 14.3. The molecular formula is C18H27FN2O2. The maximum atomic E-state index is 12.2. The first kappa shape index (κ1) is 17.7. The number of anilines is 1. The minimum absolute atomic E-state index is 0.192. The van der Waals surface area contributed by atoms with Gasteiger partial charge in [-0.25, -0.2) is 4.79 Å². The van der Waals surface area contributed by atoms with Gasteiger partial charge >= 0.3 is 5.97 Å². The Morgan fingerprint density at radius 2 is 1.74 bits per heavy atom. The first-order chi connectivity index (χ1) is 10.9. The number of benzene rings is 1. The lowest BCUT2D eigenvalue weighted by molar-refractivity contribution is -0.201. The molecule has 0 unspecified atom stereocenters. The van der Waals surface area contributed by atoms with Crippen molar-refractivity contribution in [1.29, 1.82) is 0 Å². The van der Waals surface area contributed by atoms with Crippen molar-refractivity contribution < 1.29 is 14.0 Å². The molecule has 23 heavy (non-hydrogen) atoms. The minimum Gasteiger partial charge on any atom is -0.369 e. The third-order valence-electron chi connectivity index (χ3n) is 3.96. The van der Waals surface area contributed by atoms with Gasteiger partial charge in [0.05, 0.1) is 25.2 Å². The molecule has 128 valence electrons. The molecule has 0 amide bonds. The fourth-order valence-corrected chi connectivity index (χ4v) is 2.44. The number of carbonyl (C=O) groups is 1. The Bertz CT molecular complexity index is 503. The van der Waals surface area contributed by atoms with E-state index < -0.39 is 5.41 Å². The van der Waals surface area contributed by atoms with Gasteiger partial charge in [-0.05, 0) is 51.3 Å². The Kier molecular flexibility index (Phi) is 5.99. The Morgan fingerprint density at radius 3 is 2.26 bits per heavy atom. The Hall–Kier alpha value is -1.62. The van der Waals surface area contributed by atoms with Gasteiger partial charge in [-0.3, -0.25) is 4.39 Å². The van der Waals surface area contributed by atoms with E-state index >= 15 is 0 Å². The number of nitrogens with zero attached hydrogens (tertiary/aromatic N) is 2. The molecule has 1 fully saturated rings. The van der Waals surface area contributed by atoms with Crippen LogP contribution < -0.4 is 4.90 Å². The quantitative estimate of drug-likeness (QED) is 0.833. The second-order valence-electron chi connectivity index (χ2n) is 7.00. The van der Waals surface area contributed by atoms with Crippen LogP contribution in [-0.4, -0.2) is 43.9 Å². The van der Waals surface area contributed by atoms with E-state index in [2.05, 4.69) is 29.2 Å². The van der Waals surface area contributed by atoms with Crippen LogP contribution in [0, 0.1) is 5.41 Å². The van der Waals surface area contributed by atoms with E-state index in [1.807, 2.05) is 20.8 Å². The van der Waals surface area contributed by atoms with Crippen molar-refractivity contribution in [2.75, 3.05) is 37.8 Å². The van der Waals surface area contributed by atoms with E-state index in [-0.39, 0.29) is 12.6 Å². The first-order valence-corrected chi connectivity index (χ1v) is 8.27. The minimum atomic E-state index is -0.480. The number of aryl methyl sites for hydroxylation is 1. The molecule has 5 heteroatoms. The molecule has 0 aliphatic carbocycles. The van der Waals surface area contributed by atoms with E-state index in [1.165, 1.54) is 5.56 Å². The maximum Gasteiger partial charge on any atom is 0.330 e. The van der Waals surface area contributed by atoms with Crippen LogP contribution in [0.3, 0.4) is 0 Å². The van der Waals surface area contributed by atoms with Crippen LogP contribution in [0.4, 0.5) is 10.1 Å². The van der Waals surface area contributed by atoms with Crippen LogP contribution in [-0.2, 0) is 16.1 Å². The Morgan fingerprint density at radius 1 is 1.13 bits per heavy atom. The number of alkyl halides is 1. The largest absolute Gasteiger partial charge is 0.369 e. The predicted molar refractivity (Wildman–Crippen MR) is 90.1 cm³/mol. The Balaban J connectivity index is 1.83. The number of hydrogen-bond acceptors (Lipinski definition) is 4. The molecule has 0 N–H and O–H groups in total. The predicted octanol–water partition coefficient (Wildman–Crippen LogP) is 3.22. The highest BCUT2D eigenvalue weighted by Crippen LogP contribution is 2.20. The van der Waals surface area contributed by atoms with Crippen molar-refractivity contribution in [2.24, 2.45) is 5.41 Å². The van der Waals surface area contributed by atoms with Gasteiger partial charge in [0.25, 0.3) is 0 Å². The molecule has 0 radical (unpaired) electrons. The first-order valence-electron chi connectivity index (χ1n) is 8.27. The van der Waals surface area contributed by atoms with Crippen molar-refractivity contribution >= 4 is 11.7 Å². The summed E-state index contributed by atoms with van der Waals surface area (Å²) in [5, 5.41) is 1.75. The van der Waals surface area contributed by atoms with Crippen LogP contribution in [0.25, 0.3) is 0 Å². The Labute approximate surface area is 138 Å². The lowest BCUT2D eigenvalue weighted by Crippen LogP contribution is -2.48. The third-order valence-corrected chi connectivity index (χ3v) is 3.96. The number of hydroxylamine groups is 2. The molecule has 1 aliphatic heterocycles. The van der Waals surface area contributed by atoms with E-state index in [4.69, 9.17) is 4.84 Å². The molecule has 1 heterocycles. The van der Waals surface area contributed by atoms with Gasteiger partial charge in [0, 0.05) is 18.8 Å². The molecule has 0 atom stereocenters. The lowest BCUT2D eigenvalue weighted by atomic mass is 9.98. The van der Waals surface area contributed by atoms with Gasteiger partial charge in [0.15, 0.2) is 0 Å². The van der Waals surface area contributed by atoms with Crippen molar-refractivity contribution in [2.45, 2.75) is 33.6 Å². The lowest BCUT2D eigenvalue weighted by Gasteiger charge is -2.35. The zero-order valence-corrected chi connectivity index (χ0v) is 14.3. The highest BCUT2D eigenvalue weighted by Gasteiger charge is 2.27. The number of halogens is 1. The second kappa shape index (κ2) is 7.77. The molecule has 1 aliphatic rings. The summed E-state index contributed by atoms with van der Waals surface area (Å²) >= 11 is 0. The monoisotopic (exact) mass is 322 g/mol. The molecule has 0 spiro atoms. The number of hydrogen-bond donors (Lipinski definition) is 0. The van der Waals surface area contributed by atoms with Crippen LogP contribution in [0.15, 0.2) is 24.3 Å². The average Bonchev–Trinajstić information content (AvgIpc) is 2.53. The number of piperazine rings is 1. The summed E-state index contributed by atoms with van der Waals surface area (Å²) in [6.45, 7) is 8.35. The van der Waals surface area contributed by atoms with E-state index in [9.17, 15) is 9.18 Å². The van der Waals surface area contributed by atoms with Gasteiger partial charge in [-0.2, -0.15) is 0 Å². The van der Waals surface area contributed by atoms with Crippen LogP contribution in [0.2, 0.25) is 0 Å². The fourth-order valence-electron chi connectivity index (χ4n) is 2.44. The van der Waals surface area contributed by atoms with Gasteiger partial charge in [0.1, 0.15) is 0 Å². The van der Waals surface area contributed by atoms with Crippen LogP contribution in [0.1, 0.15) is 32.8 Å².